The first-order chi connectivity index (χ1) is 19.2. The quantitative estimate of drug-likeness (QED) is 0.211. The molecule has 0 saturated heterocycles. The molecule has 0 spiro atoms. The van der Waals surface area contributed by atoms with Crippen molar-refractivity contribution in [1.29, 1.82) is 0 Å². The molecular formula is C30H33F3N3O4+. The number of hydrogen-bond acceptors (Lipinski definition) is 4. The molecule has 212 valence electrons. The number of hydrogen-bond donors (Lipinski definition) is 2. The number of benzene rings is 2. The molecule has 0 bridgehead atoms. The zero-order valence-electron chi connectivity index (χ0n) is 22.2. The number of urea groups is 1. The average Bonchev–Trinajstić information content (AvgIpc) is 2.96. The second-order valence-corrected chi connectivity index (χ2v) is 9.27. The summed E-state index contributed by atoms with van der Waals surface area (Å²) in [5.74, 6) is -2.22. The highest BCUT2D eigenvalue weighted by Crippen LogP contribution is 2.24. The van der Waals surface area contributed by atoms with E-state index in [1.807, 2.05) is 60.7 Å². The molecule has 2 N–H and O–H groups in total. The molecule has 0 aliphatic heterocycles. The smallest absolute Gasteiger partial charge is 0.334 e. The van der Waals surface area contributed by atoms with E-state index in [1.54, 1.807) is 13.0 Å². The van der Waals surface area contributed by atoms with E-state index in [2.05, 4.69) is 10.6 Å². The molecule has 2 amide bonds. The van der Waals surface area contributed by atoms with Gasteiger partial charge in [-0.25, -0.2) is 9.59 Å². The van der Waals surface area contributed by atoms with Gasteiger partial charge in [0.15, 0.2) is 0 Å². The lowest BCUT2D eigenvalue weighted by atomic mass is 10.00. The minimum atomic E-state index is -5.20. The number of alkyl halides is 3. The second-order valence-electron chi connectivity index (χ2n) is 9.27. The lowest BCUT2D eigenvalue weighted by molar-refractivity contribution is -0.876. The lowest BCUT2D eigenvalue weighted by Gasteiger charge is -2.18. The highest BCUT2D eigenvalue weighted by molar-refractivity contribution is 5.78. The Morgan fingerprint density at radius 2 is 1.57 bits per heavy atom. The minimum absolute atomic E-state index is 0.155. The molecule has 0 saturated carbocycles. The van der Waals surface area contributed by atoms with E-state index in [0.717, 1.165) is 15.9 Å². The predicted molar refractivity (Wildman–Crippen MR) is 143 cm³/mol. The maximum absolute atomic E-state index is 13.1. The molecule has 2 aromatic carbocycles. The Labute approximate surface area is 231 Å². The molecule has 1 aromatic heterocycles. The molecule has 1 heterocycles. The van der Waals surface area contributed by atoms with Gasteiger partial charge in [0.05, 0.1) is 0 Å². The van der Waals surface area contributed by atoms with Gasteiger partial charge in [0.2, 0.25) is 6.20 Å². The number of halogens is 3. The number of carbonyl (C=O) groups is 3. The van der Waals surface area contributed by atoms with Gasteiger partial charge in [-0.1, -0.05) is 80.4 Å². The van der Waals surface area contributed by atoms with Crippen LogP contribution in [0.25, 0.3) is 11.1 Å². The normalized spacial score (nSPS) is 11.9. The third kappa shape index (κ3) is 9.52. The predicted octanol–water partition coefficient (Wildman–Crippen LogP) is 5.63. The molecule has 10 heteroatoms. The van der Waals surface area contributed by atoms with Crippen LogP contribution in [-0.4, -0.2) is 24.0 Å². The van der Waals surface area contributed by atoms with Gasteiger partial charge in [-0.15, -0.1) is 0 Å². The molecule has 3 aromatic rings. The first kappa shape index (κ1) is 30.3. The zero-order chi connectivity index (χ0) is 29.0. The highest BCUT2D eigenvalue weighted by atomic mass is 19.4. The summed E-state index contributed by atoms with van der Waals surface area (Å²) >= 11 is 0. The van der Waals surface area contributed by atoms with E-state index in [0.29, 0.717) is 44.1 Å². The molecule has 0 aliphatic rings. The lowest BCUT2D eigenvalue weighted by Crippen LogP contribution is -2.54. The first-order valence-corrected chi connectivity index (χ1v) is 13.2. The SMILES string of the molecule is CCC(=O)CCCCC[C@H](NC(=O)NCc1ccccc1)c1cc(-c2ccccc2)cc[n+]1OC(=O)C(F)(F)F. The van der Waals surface area contributed by atoms with Gasteiger partial charge in [0, 0.05) is 36.2 Å². The molecule has 7 nitrogen and oxygen atoms in total. The minimum Gasteiger partial charge on any atom is -0.334 e. The number of aromatic nitrogens is 1. The van der Waals surface area contributed by atoms with Crippen molar-refractivity contribution in [2.45, 2.75) is 64.2 Å². The Bertz CT molecular complexity index is 1270. The van der Waals surface area contributed by atoms with Crippen LogP contribution < -0.4 is 20.2 Å². The molecule has 3 rings (SSSR count). The highest BCUT2D eigenvalue weighted by Gasteiger charge is 2.45. The Morgan fingerprint density at radius 3 is 2.23 bits per heavy atom. The van der Waals surface area contributed by atoms with Gasteiger partial charge >= 0.3 is 18.2 Å². The van der Waals surface area contributed by atoms with Crippen LogP contribution in [0.5, 0.6) is 0 Å². The monoisotopic (exact) mass is 556 g/mol. The largest absolute Gasteiger partial charge is 0.498 e. The van der Waals surface area contributed by atoms with Gasteiger partial charge in [0.1, 0.15) is 11.8 Å². The fourth-order valence-electron chi connectivity index (χ4n) is 4.10. The summed E-state index contributed by atoms with van der Waals surface area (Å²) in [6.07, 6.45) is -0.823. The number of carbonyl (C=O) groups excluding carboxylic acids is 3. The number of rotatable bonds is 13. The van der Waals surface area contributed by atoms with Gasteiger partial charge in [-0.3, -0.25) is 4.79 Å². The second kappa shape index (κ2) is 14.8. The van der Waals surface area contributed by atoms with Crippen LogP contribution in [0.1, 0.15) is 62.7 Å². The zero-order valence-corrected chi connectivity index (χ0v) is 22.2. The number of pyridine rings is 1. The van der Waals surface area contributed by atoms with Crippen LogP contribution in [-0.2, 0) is 16.1 Å². The molecule has 40 heavy (non-hydrogen) atoms. The average molecular weight is 557 g/mol. The van der Waals surface area contributed by atoms with Crippen LogP contribution in [0.3, 0.4) is 0 Å². The van der Waals surface area contributed by atoms with Crippen LogP contribution in [0.2, 0.25) is 0 Å². The van der Waals surface area contributed by atoms with Crippen molar-refractivity contribution in [3.63, 3.8) is 0 Å². The van der Waals surface area contributed by atoms with Crippen LogP contribution in [0, 0.1) is 0 Å². The summed E-state index contributed by atoms with van der Waals surface area (Å²) in [6, 6.07) is 20.2. The van der Waals surface area contributed by atoms with Gasteiger partial charge < -0.3 is 10.6 Å². The summed E-state index contributed by atoms with van der Waals surface area (Å²) in [6.45, 7) is 2.04. The summed E-state index contributed by atoms with van der Waals surface area (Å²) in [7, 11) is 0. The van der Waals surface area contributed by atoms with Crippen molar-refractivity contribution in [3.05, 3.63) is 90.3 Å². The number of nitrogens with zero attached hydrogens (tertiary/aromatic N) is 1. The standard InChI is InChI=1S/C30H32F3N3O4/c1-2-25(37)16-10-5-11-17-26(35-29(39)34-21-22-12-6-3-7-13-22)27-20-24(23-14-8-4-9-15-23)18-19-36(27)40-28(38)30(31,32)33/h3-4,6-9,12-15,18-20,26H,2,5,10-11,16-17,21H2,1H3,(H-,34,35,39)/p+1/t26-/m0/s1. The van der Waals surface area contributed by atoms with E-state index in [1.165, 1.54) is 12.3 Å². The van der Waals surface area contributed by atoms with Gasteiger partial charge in [-0.2, -0.15) is 18.0 Å². The summed E-state index contributed by atoms with van der Waals surface area (Å²) in [4.78, 5) is 41.0. The van der Waals surface area contributed by atoms with Gasteiger partial charge in [0.25, 0.3) is 5.69 Å². The van der Waals surface area contributed by atoms with Crippen molar-refractivity contribution >= 4 is 17.8 Å². The van der Waals surface area contributed by atoms with E-state index in [-0.39, 0.29) is 18.0 Å². The van der Waals surface area contributed by atoms with Crippen molar-refractivity contribution in [2.75, 3.05) is 0 Å². The topological polar surface area (TPSA) is 88.4 Å². The summed E-state index contributed by atoms with van der Waals surface area (Å²) in [5.41, 5.74) is 2.50. The molecule has 0 aliphatic carbocycles. The van der Waals surface area contributed by atoms with Crippen molar-refractivity contribution in [1.82, 2.24) is 10.6 Å². The summed E-state index contributed by atoms with van der Waals surface area (Å²) in [5, 5.41) is 5.60. The Balaban J connectivity index is 1.88. The summed E-state index contributed by atoms with van der Waals surface area (Å²) < 4.78 is 40.0. The van der Waals surface area contributed by atoms with Crippen molar-refractivity contribution in [3.8, 4) is 11.1 Å². The number of amides is 2. The Kier molecular flexibility index (Phi) is 11.2. The Morgan fingerprint density at radius 1 is 0.900 bits per heavy atom. The third-order valence-electron chi connectivity index (χ3n) is 6.27. The molecule has 0 radical (unpaired) electrons. The van der Waals surface area contributed by atoms with E-state index < -0.39 is 24.2 Å². The van der Waals surface area contributed by atoms with Crippen molar-refractivity contribution in [2.24, 2.45) is 0 Å². The van der Waals surface area contributed by atoms with E-state index >= 15 is 0 Å². The number of ketones is 1. The maximum Gasteiger partial charge on any atom is 0.498 e. The van der Waals surface area contributed by atoms with Crippen molar-refractivity contribution < 1.29 is 37.1 Å². The molecule has 0 unspecified atom stereocenters. The Hall–Kier alpha value is -4.21. The van der Waals surface area contributed by atoms with E-state index in [4.69, 9.17) is 4.84 Å². The maximum atomic E-state index is 13.1. The van der Waals surface area contributed by atoms with Crippen LogP contribution in [0.4, 0.5) is 18.0 Å². The number of nitrogens with one attached hydrogen (secondary N) is 2. The van der Waals surface area contributed by atoms with Gasteiger partial charge in [-0.05, 0) is 29.5 Å². The molecule has 1 atom stereocenters. The number of Topliss-reactive ketones (excluding diaryl/α,β-unsaturated/α-hetero) is 1. The third-order valence-corrected chi connectivity index (χ3v) is 6.27. The fourth-order valence-corrected chi connectivity index (χ4v) is 4.10. The first-order valence-electron chi connectivity index (χ1n) is 13.2. The molecule has 0 fully saturated rings. The van der Waals surface area contributed by atoms with E-state index in [9.17, 15) is 27.6 Å². The van der Waals surface area contributed by atoms with Crippen LogP contribution in [0.15, 0.2) is 79.0 Å². The molecular weight excluding hydrogens is 523 g/mol. The van der Waals surface area contributed by atoms with Crippen LogP contribution >= 0.6 is 0 Å². The fraction of sp³-hybridized carbons (Fsp3) is 0.333. The number of unbranched alkanes of at least 4 members (excludes halogenated alkanes) is 2.